The largest absolute Gasteiger partial charge is 0.490 e. The Kier molecular flexibility index (Phi) is 20.4. The van der Waals surface area contributed by atoms with Crippen molar-refractivity contribution in [1.82, 2.24) is 15.1 Å². The van der Waals surface area contributed by atoms with Crippen LogP contribution in [0.5, 0.6) is 5.75 Å². The normalized spacial score (nSPS) is 13.6. The van der Waals surface area contributed by atoms with Gasteiger partial charge >= 0.3 is 13.6 Å². The summed E-state index contributed by atoms with van der Waals surface area (Å²) in [5.41, 5.74) is 0.507. The minimum absolute atomic E-state index is 0.0596. The Morgan fingerprint density at radius 2 is 1.64 bits per heavy atom. The van der Waals surface area contributed by atoms with Crippen molar-refractivity contribution < 1.29 is 47.4 Å². The van der Waals surface area contributed by atoms with Gasteiger partial charge in [0.15, 0.2) is 0 Å². The number of carbonyl (C=O) groups excluding carboxylic acids is 3. The molecule has 1 aromatic rings. The van der Waals surface area contributed by atoms with E-state index in [1.165, 1.54) is 51.6 Å². The van der Waals surface area contributed by atoms with Crippen LogP contribution in [0, 0.1) is 11.8 Å². The lowest BCUT2D eigenvalue weighted by Crippen LogP contribution is -2.49. The number of likely N-dealkylation sites (N-methyl/N-ethyl adjacent to an activating group) is 1. The molecule has 1 aliphatic rings. The number of aromatic carboxylic acids is 1. The van der Waals surface area contributed by atoms with E-state index in [4.69, 9.17) is 18.5 Å². The highest BCUT2D eigenvalue weighted by Gasteiger charge is 2.30. The van der Waals surface area contributed by atoms with Gasteiger partial charge in [0.05, 0.1) is 45.4 Å². The van der Waals surface area contributed by atoms with Crippen molar-refractivity contribution in [2.45, 2.75) is 91.0 Å². The molecule has 1 atom stereocenters. The van der Waals surface area contributed by atoms with Gasteiger partial charge in [0.1, 0.15) is 24.1 Å². The van der Waals surface area contributed by atoms with Crippen LogP contribution in [0.2, 0.25) is 0 Å². The summed E-state index contributed by atoms with van der Waals surface area (Å²) >= 11 is 0. The van der Waals surface area contributed by atoms with Crippen LogP contribution in [0.25, 0.3) is 0 Å². The van der Waals surface area contributed by atoms with Gasteiger partial charge in [-0.25, -0.2) is 4.79 Å². The first-order valence-corrected chi connectivity index (χ1v) is 19.5. The molecule has 1 aliphatic heterocycles. The number of nitrogens with one attached hydrogen (secondary N) is 1. The number of carboxylic acid groups (broad SMARTS) is 1. The number of carbonyl (C=O) groups is 4. The average Bonchev–Trinajstić information content (AvgIpc) is 3.08. The zero-order valence-electron chi connectivity index (χ0n) is 30.2. The lowest BCUT2D eigenvalue weighted by atomic mass is 10.1. The Morgan fingerprint density at radius 3 is 2.26 bits per heavy atom. The van der Waals surface area contributed by atoms with Gasteiger partial charge in [0.25, 0.3) is 0 Å². The number of ether oxygens (including phenoxy) is 2. The number of nitrogens with zero attached hydrogens (tertiary/aromatic N) is 2. The van der Waals surface area contributed by atoms with Crippen LogP contribution in [0.4, 0.5) is 0 Å². The van der Waals surface area contributed by atoms with Gasteiger partial charge in [-0.3, -0.25) is 18.9 Å². The first kappa shape index (κ1) is 42.7. The molecular formula is C36H56N3O10P. The van der Waals surface area contributed by atoms with Crippen LogP contribution < -0.4 is 10.1 Å². The van der Waals surface area contributed by atoms with Gasteiger partial charge in [-0.2, -0.15) is 0 Å². The molecule has 0 spiro atoms. The Bertz CT molecular complexity index is 1330. The predicted octanol–water partition coefficient (Wildman–Crippen LogP) is 5.10. The number of benzene rings is 1. The standard InChI is InChI=1S/C36H56N3O10P/c1-5-8-9-10-11-12-13-14-15-16-17-29-18-19-31(36(43)44)32(24-29)47-27-30(25-34(41)39-20-22-46-23-21-39)37-33(40)26-38(4)35(42)28-50(45,48-6-2)49-7-3/h18-19,24,30H,5-15,20-23,25-28H2,1-4H3,(H,37,40)(H,43,44)/t30-/m0/s1. The van der Waals surface area contributed by atoms with E-state index in [1.807, 2.05) is 0 Å². The highest BCUT2D eigenvalue weighted by Crippen LogP contribution is 2.47. The van der Waals surface area contributed by atoms with E-state index in [1.54, 1.807) is 30.9 Å². The number of unbranched alkanes of at least 4 members (excludes halogenated alkanes) is 8. The maximum Gasteiger partial charge on any atom is 0.340 e. The van der Waals surface area contributed by atoms with Gasteiger partial charge in [0.2, 0.25) is 17.7 Å². The predicted molar refractivity (Wildman–Crippen MR) is 190 cm³/mol. The molecule has 0 radical (unpaired) electrons. The fraction of sp³-hybridized carbons (Fsp3) is 0.667. The number of hydrogen-bond donors (Lipinski definition) is 2. The van der Waals surface area contributed by atoms with E-state index in [-0.39, 0.29) is 43.5 Å². The Labute approximate surface area is 297 Å². The molecule has 1 saturated heterocycles. The zero-order chi connectivity index (χ0) is 36.8. The first-order chi connectivity index (χ1) is 24.0. The van der Waals surface area contributed by atoms with Crippen LogP contribution in [0.1, 0.15) is 101 Å². The second-order valence-corrected chi connectivity index (χ2v) is 14.2. The number of amides is 3. The summed E-state index contributed by atoms with van der Waals surface area (Å²) in [5, 5.41) is 12.6. The molecule has 0 aliphatic carbocycles. The van der Waals surface area contributed by atoms with Crippen molar-refractivity contribution in [3.63, 3.8) is 0 Å². The zero-order valence-corrected chi connectivity index (χ0v) is 31.1. The summed E-state index contributed by atoms with van der Waals surface area (Å²) in [6.45, 7) is 6.63. The molecule has 2 N–H and O–H groups in total. The van der Waals surface area contributed by atoms with Gasteiger partial charge < -0.3 is 38.7 Å². The van der Waals surface area contributed by atoms with E-state index in [2.05, 4.69) is 24.1 Å². The number of rotatable bonds is 23. The SMILES string of the molecule is CCCCCCCCCCC#Cc1ccc(C(=O)O)c(OC[C@H](CC(=O)N2CCOCC2)NC(=O)CN(C)C(=O)CP(=O)(OCC)OCC)c1. The second kappa shape index (κ2) is 23.9. The van der Waals surface area contributed by atoms with Gasteiger partial charge in [-0.05, 0) is 38.5 Å². The molecular weight excluding hydrogens is 665 g/mol. The van der Waals surface area contributed by atoms with Crippen molar-refractivity contribution in [3.8, 4) is 17.6 Å². The summed E-state index contributed by atoms with van der Waals surface area (Å²) in [6, 6.07) is 3.74. The lowest BCUT2D eigenvalue weighted by Gasteiger charge is -2.29. The molecule has 0 bridgehead atoms. The Morgan fingerprint density at radius 1 is 1.00 bits per heavy atom. The van der Waals surface area contributed by atoms with E-state index in [0.717, 1.165) is 24.2 Å². The third kappa shape index (κ3) is 16.5. The molecule has 0 aromatic heterocycles. The molecule has 13 nitrogen and oxygen atoms in total. The lowest BCUT2D eigenvalue weighted by molar-refractivity contribution is -0.137. The minimum atomic E-state index is -3.68. The van der Waals surface area contributed by atoms with E-state index in [0.29, 0.717) is 31.9 Å². The van der Waals surface area contributed by atoms with Crippen molar-refractivity contribution >= 4 is 31.3 Å². The molecule has 50 heavy (non-hydrogen) atoms. The smallest absolute Gasteiger partial charge is 0.340 e. The molecule has 14 heteroatoms. The van der Waals surface area contributed by atoms with E-state index < -0.39 is 44.1 Å². The summed E-state index contributed by atoms with van der Waals surface area (Å²) < 4.78 is 34.5. The van der Waals surface area contributed by atoms with Gasteiger partial charge in [0, 0.05) is 32.1 Å². The highest BCUT2D eigenvalue weighted by molar-refractivity contribution is 7.54. The number of morpholine rings is 1. The minimum Gasteiger partial charge on any atom is -0.490 e. The maximum atomic E-state index is 13.1. The van der Waals surface area contributed by atoms with Crippen molar-refractivity contribution in [2.75, 3.05) is 65.9 Å². The molecule has 2 rings (SSSR count). The van der Waals surface area contributed by atoms with Crippen molar-refractivity contribution in [1.29, 1.82) is 0 Å². The monoisotopic (exact) mass is 721 g/mol. The quantitative estimate of drug-likeness (QED) is 0.0884. The van der Waals surface area contributed by atoms with Gasteiger partial charge in [-0.15, -0.1) is 0 Å². The molecule has 0 unspecified atom stereocenters. The third-order valence-electron chi connectivity index (χ3n) is 7.98. The molecule has 0 saturated carbocycles. The molecule has 3 amide bonds. The Hall–Kier alpha value is -3.43. The van der Waals surface area contributed by atoms with Crippen LogP contribution >= 0.6 is 7.60 Å². The number of carboxylic acids is 1. The van der Waals surface area contributed by atoms with E-state index in [9.17, 15) is 28.8 Å². The van der Waals surface area contributed by atoms with Crippen LogP contribution in [0.15, 0.2) is 18.2 Å². The van der Waals surface area contributed by atoms with Crippen molar-refractivity contribution in [2.24, 2.45) is 0 Å². The summed E-state index contributed by atoms with van der Waals surface area (Å²) in [5.74, 6) is 3.67. The topological polar surface area (TPSA) is 161 Å². The van der Waals surface area contributed by atoms with Gasteiger partial charge in [-0.1, -0.05) is 63.7 Å². The van der Waals surface area contributed by atoms with Crippen LogP contribution in [-0.4, -0.2) is 111 Å². The summed E-state index contributed by atoms with van der Waals surface area (Å²) in [6.07, 6.45) is 9.71. The molecule has 280 valence electrons. The average molecular weight is 722 g/mol. The number of hydrogen-bond acceptors (Lipinski definition) is 9. The summed E-state index contributed by atoms with van der Waals surface area (Å²) in [4.78, 5) is 53.8. The van der Waals surface area contributed by atoms with Crippen LogP contribution in [-0.2, 0) is 32.7 Å². The van der Waals surface area contributed by atoms with Crippen molar-refractivity contribution in [3.05, 3.63) is 29.3 Å². The highest BCUT2D eigenvalue weighted by atomic mass is 31.2. The molecule has 1 fully saturated rings. The summed E-state index contributed by atoms with van der Waals surface area (Å²) in [7, 11) is -2.29. The van der Waals surface area contributed by atoms with E-state index >= 15 is 0 Å². The fourth-order valence-corrected chi connectivity index (χ4v) is 6.90. The van der Waals surface area contributed by atoms with Crippen LogP contribution in [0.3, 0.4) is 0 Å². The molecule has 1 heterocycles. The fourth-order valence-electron chi connectivity index (χ4n) is 5.29. The first-order valence-electron chi connectivity index (χ1n) is 17.8. The third-order valence-corrected chi connectivity index (χ3v) is 9.94. The Balaban J connectivity index is 2.09. The second-order valence-electron chi connectivity index (χ2n) is 12.2. The molecule has 1 aromatic carbocycles. The maximum absolute atomic E-state index is 13.1.